The van der Waals surface area contributed by atoms with Crippen LogP contribution >= 0.6 is 0 Å². The Morgan fingerprint density at radius 2 is 1.84 bits per heavy atom. The van der Waals surface area contributed by atoms with Crippen LogP contribution in [0.4, 0.5) is 5.69 Å². The average molecular weight is 418 g/mol. The van der Waals surface area contributed by atoms with Crippen LogP contribution < -0.4 is 20.6 Å². The van der Waals surface area contributed by atoms with Crippen LogP contribution in [0.5, 0.6) is 11.5 Å². The van der Waals surface area contributed by atoms with Crippen LogP contribution in [0, 0.1) is 13.8 Å². The van der Waals surface area contributed by atoms with Gasteiger partial charge in [-0.2, -0.15) is 5.10 Å². The van der Waals surface area contributed by atoms with Gasteiger partial charge in [-0.15, -0.1) is 0 Å². The van der Waals surface area contributed by atoms with E-state index in [0.717, 1.165) is 11.1 Å². The quantitative estimate of drug-likeness (QED) is 0.318. The van der Waals surface area contributed by atoms with Crippen molar-refractivity contribution < 1.29 is 14.3 Å². The molecular formula is C25H27N3O3. The summed E-state index contributed by atoms with van der Waals surface area (Å²) >= 11 is 0. The highest BCUT2D eigenvalue weighted by molar-refractivity contribution is 5.99. The number of hydrazone groups is 1. The van der Waals surface area contributed by atoms with Crippen molar-refractivity contribution in [3.05, 3.63) is 88.5 Å². The number of aryl methyl sites for hydroxylation is 2. The number of carbonyl (C=O) groups is 1. The Labute approximate surface area is 182 Å². The number of nitrogens with zero attached hydrogens (tertiary/aromatic N) is 1. The fraction of sp³-hybridized carbons (Fsp3) is 0.200. The van der Waals surface area contributed by atoms with Gasteiger partial charge in [-0.1, -0.05) is 35.9 Å². The minimum absolute atomic E-state index is 0.368. The van der Waals surface area contributed by atoms with E-state index in [2.05, 4.69) is 42.6 Å². The maximum Gasteiger partial charge on any atom is 0.273 e. The topological polar surface area (TPSA) is 85.9 Å². The first-order chi connectivity index (χ1) is 15.0. The second-order valence-corrected chi connectivity index (χ2v) is 7.14. The molecule has 0 atom stereocenters. The van der Waals surface area contributed by atoms with Gasteiger partial charge in [-0.3, -0.25) is 4.79 Å². The Morgan fingerprint density at radius 3 is 2.61 bits per heavy atom. The summed E-state index contributed by atoms with van der Waals surface area (Å²) < 4.78 is 11.8. The molecule has 0 spiro atoms. The first kappa shape index (κ1) is 21.9. The van der Waals surface area contributed by atoms with E-state index >= 15 is 0 Å². The van der Waals surface area contributed by atoms with Gasteiger partial charge in [0, 0.05) is 5.69 Å². The van der Waals surface area contributed by atoms with Crippen LogP contribution in [0.25, 0.3) is 0 Å². The lowest BCUT2D eigenvalue weighted by Crippen LogP contribution is -2.19. The second-order valence-electron chi connectivity index (χ2n) is 7.14. The van der Waals surface area contributed by atoms with E-state index in [0.29, 0.717) is 36.0 Å². The van der Waals surface area contributed by atoms with E-state index in [1.54, 1.807) is 30.5 Å². The molecule has 0 aromatic heterocycles. The van der Waals surface area contributed by atoms with Gasteiger partial charge in [-0.25, -0.2) is 5.43 Å². The molecule has 3 N–H and O–H groups in total. The fourth-order valence-corrected chi connectivity index (χ4v) is 3.03. The molecule has 6 nitrogen and oxygen atoms in total. The third kappa shape index (κ3) is 5.85. The molecule has 0 unspecified atom stereocenters. The van der Waals surface area contributed by atoms with Crippen molar-refractivity contribution in [2.24, 2.45) is 5.10 Å². The number of anilines is 1. The van der Waals surface area contributed by atoms with E-state index in [-0.39, 0.29) is 5.91 Å². The molecule has 0 saturated heterocycles. The molecule has 0 aliphatic heterocycles. The smallest absolute Gasteiger partial charge is 0.273 e. The third-order valence-corrected chi connectivity index (χ3v) is 4.74. The molecule has 0 saturated carbocycles. The lowest BCUT2D eigenvalue weighted by atomic mass is 10.1. The number of hydrogen-bond acceptors (Lipinski definition) is 5. The highest BCUT2D eigenvalue weighted by Gasteiger charge is 2.09. The van der Waals surface area contributed by atoms with E-state index < -0.39 is 0 Å². The number of benzene rings is 3. The molecule has 0 bridgehead atoms. The van der Waals surface area contributed by atoms with Crippen LogP contribution in [0.15, 0.2) is 65.8 Å². The number of rotatable bonds is 8. The van der Waals surface area contributed by atoms with Crippen molar-refractivity contribution in [2.45, 2.75) is 27.4 Å². The van der Waals surface area contributed by atoms with Gasteiger partial charge in [0.2, 0.25) is 0 Å². The molecule has 0 radical (unpaired) electrons. The van der Waals surface area contributed by atoms with E-state index in [9.17, 15) is 4.79 Å². The summed E-state index contributed by atoms with van der Waals surface area (Å²) in [4.78, 5) is 12.2. The molecule has 0 aliphatic carbocycles. The van der Waals surface area contributed by atoms with Gasteiger partial charge in [0.25, 0.3) is 5.91 Å². The average Bonchev–Trinajstić information content (AvgIpc) is 2.76. The summed E-state index contributed by atoms with van der Waals surface area (Å²) in [6.07, 6.45) is 1.55. The zero-order valence-corrected chi connectivity index (χ0v) is 18.0. The maximum absolute atomic E-state index is 12.2. The van der Waals surface area contributed by atoms with Crippen LogP contribution in [0.3, 0.4) is 0 Å². The van der Waals surface area contributed by atoms with E-state index in [4.69, 9.17) is 15.2 Å². The van der Waals surface area contributed by atoms with E-state index in [1.807, 2.05) is 25.1 Å². The molecule has 3 aromatic rings. The summed E-state index contributed by atoms with van der Waals surface area (Å²) in [5.74, 6) is 0.907. The fourth-order valence-electron chi connectivity index (χ4n) is 3.03. The van der Waals surface area contributed by atoms with Crippen LogP contribution in [-0.4, -0.2) is 18.7 Å². The predicted molar refractivity (Wildman–Crippen MR) is 124 cm³/mol. The Balaban J connectivity index is 1.69. The number of nitrogen functional groups attached to an aromatic ring is 1. The van der Waals surface area contributed by atoms with Crippen LogP contribution in [0.2, 0.25) is 0 Å². The minimum atomic E-state index is -0.368. The summed E-state index contributed by atoms with van der Waals surface area (Å²) in [7, 11) is 0. The molecule has 0 heterocycles. The Morgan fingerprint density at radius 1 is 1.03 bits per heavy atom. The highest BCUT2D eigenvalue weighted by Crippen LogP contribution is 2.29. The van der Waals surface area contributed by atoms with Gasteiger partial charge in [0.05, 0.1) is 18.4 Å². The minimum Gasteiger partial charge on any atom is -0.490 e. The number of hydrogen-bond donors (Lipinski definition) is 2. The Bertz CT molecular complexity index is 1090. The molecular weight excluding hydrogens is 390 g/mol. The normalized spacial score (nSPS) is 10.8. The number of para-hydroxylation sites is 1. The molecule has 3 rings (SSSR count). The van der Waals surface area contributed by atoms with Crippen molar-refractivity contribution in [1.82, 2.24) is 5.43 Å². The van der Waals surface area contributed by atoms with Crippen molar-refractivity contribution >= 4 is 17.8 Å². The highest BCUT2D eigenvalue weighted by atomic mass is 16.5. The second kappa shape index (κ2) is 10.3. The first-order valence-electron chi connectivity index (χ1n) is 10.1. The SMILES string of the molecule is CCOc1cc(/C=N\NC(=O)c2ccccc2N)ccc1OCc1cc(C)ccc1C. The number of ether oxygens (including phenoxy) is 2. The zero-order valence-electron chi connectivity index (χ0n) is 18.0. The van der Waals surface area contributed by atoms with Crippen LogP contribution in [-0.2, 0) is 6.61 Å². The van der Waals surface area contributed by atoms with Crippen LogP contribution in [0.1, 0.15) is 39.5 Å². The predicted octanol–water partition coefficient (Wildman–Crippen LogP) is 4.63. The third-order valence-electron chi connectivity index (χ3n) is 4.74. The number of carbonyl (C=O) groups excluding carboxylic acids is 1. The van der Waals surface area contributed by atoms with Crippen molar-refractivity contribution in [2.75, 3.05) is 12.3 Å². The Kier molecular flexibility index (Phi) is 7.27. The number of nitrogens with one attached hydrogen (secondary N) is 1. The molecule has 6 heteroatoms. The standard InChI is InChI=1S/C25H27N3O3/c1-4-30-24-14-19(15-27-28-25(29)21-7-5-6-8-22(21)26)11-12-23(24)31-16-20-13-17(2)9-10-18(20)3/h5-15H,4,16,26H2,1-3H3,(H,28,29)/b27-15-. The summed E-state index contributed by atoms with van der Waals surface area (Å²) in [6.45, 7) is 7.01. The lowest BCUT2D eigenvalue weighted by Gasteiger charge is -2.14. The number of nitrogens with two attached hydrogens (primary N) is 1. The summed E-state index contributed by atoms with van der Waals surface area (Å²) in [6, 6.07) is 18.7. The molecule has 3 aromatic carbocycles. The number of amides is 1. The molecule has 0 fully saturated rings. The van der Waals surface area contributed by atoms with Crippen molar-refractivity contribution in [3.8, 4) is 11.5 Å². The monoisotopic (exact) mass is 417 g/mol. The van der Waals surface area contributed by atoms with Gasteiger partial charge in [-0.05, 0) is 67.8 Å². The zero-order chi connectivity index (χ0) is 22.2. The first-order valence-corrected chi connectivity index (χ1v) is 10.1. The Hall–Kier alpha value is -3.80. The lowest BCUT2D eigenvalue weighted by molar-refractivity contribution is 0.0956. The van der Waals surface area contributed by atoms with Gasteiger partial charge in [0.1, 0.15) is 6.61 Å². The van der Waals surface area contributed by atoms with Gasteiger partial charge in [0.15, 0.2) is 11.5 Å². The molecule has 0 aliphatic rings. The van der Waals surface area contributed by atoms with Crippen molar-refractivity contribution in [3.63, 3.8) is 0 Å². The molecule has 1 amide bonds. The largest absolute Gasteiger partial charge is 0.490 e. The summed E-state index contributed by atoms with van der Waals surface area (Å²) in [5, 5.41) is 4.03. The van der Waals surface area contributed by atoms with Gasteiger partial charge < -0.3 is 15.2 Å². The maximum atomic E-state index is 12.2. The summed E-state index contributed by atoms with van der Waals surface area (Å²) in [5.41, 5.74) is 13.4. The van der Waals surface area contributed by atoms with Gasteiger partial charge >= 0.3 is 0 Å². The molecule has 160 valence electrons. The van der Waals surface area contributed by atoms with E-state index in [1.165, 1.54) is 11.1 Å². The molecule has 31 heavy (non-hydrogen) atoms. The van der Waals surface area contributed by atoms with Crippen molar-refractivity contribution in [1.29, 1.82) is 0 Å².